The molecule has 0 saturated heterocycles. The molecule has 0 radical (unpaired) electrons. The molecular formula is C10H11N3O2S. The van der Waals surface area contributed by atoms with Crippen LogP contribution in [0.5, 0.6) is 0 Å². The first kappa shape index (κ1) is 11.1. The van der Waals surface area contributed by atoms with E-state index in [1.165, 1.54) is 11.8 Å². The second-order valence-corrected chi connectivity index (χ2v) is 4.69. The summed E-state index contributed by atoms with van der Waals surface area (Å²) in [5, 5.41) is 11.4. The summed E-state index contributed by atoms with van der Waals surface area (Å²) in [6.45, 7) is 0. The minimum absolute atomic E-state index is 0.0672. The van der Waals surface area contributed by atoms with Gasteiger partial charge in [0, 0.05) is 23.7 Å². The van der Waals surface area contributed by atoms with E-state index < -0.39 is 6.04 Å². The molecule has 1 heterocycles. The number of hydrogen-bond donors (Lipinski definition) is 0. The van der Waals surface area contributed by atoms with Crippen molar-refractivity contribution in [2.24, 2.45) is 0 Å². The largest absolute Gasteiger partial charge is 0.264 e. The van der Waals surface area contributed by atoms with E-state index in [1.54, 1.807) is 18.5 Å². The Morgan fingerprint density at radius 2 is 2.00 bits per heavy atom. The fraction of sp³-hybridized carbons (Fsp3) is 0.400. The number of aromatic nitrogens is 2. The highest BCUT2D eigenvalue weighted by Crippen LogP contribution is 2.30. The quantitative estimate of drug-likeness (QED) is 0.348. The molecule has 1 aromatic heterocycles. The van der Waals surface area contributed by atoms with Crippen LogP contribution >= 0.6 is 11.8 Å². The fourth-order valence-electron chi connectivity index (χ4n) is 1.61. The average Bonchev–Trinajstić information content (AvgIpc) is 2.31. The van der Waals surface area contributed by atoms with Crippen molar-refractivity contribution in [1.29, 1.82) is 0 Å². The standard InChI is InChI=1S/C10H11N3O2S/c14-13(15)8-4-1-2-5-9(8)16-10-11-6-3-7-12-10/h1-3,6-9H,4-5H2. The molecule has 2 unspecified atom stereocenters. The summed E-state index contributed by atoms with van der Waals surface area (Å²) in [5.41, 5.74) is 0. The molecule has 6 heteroatoms. The van der Waals surface area contributed by atoms with E-state index in [0.29, 0.717) is 18.0 Å². The first-order valence-corrected chi connectivity index (χ1v) is 5.87. The first-order chi connectivity index (χ1) is 7.77. The Bertz CT molecular complexity index is 396. The molecule has 0 N–H and O–H groups in total. The third kappa shape index (κ3) is 2.57. The normalized spacial score (nSPS) is 24.2. The Hall–Kier alpha value is -1.43. The highest BCUT2D eigenvalue weighted by atomic mass is 32.2. The lowest BCUT2D eigenvalue weighted by Gasteiger charge is -2.20. The summed E-state index contributed by atoms with van der Waals surface area (Å²) in [6, 6.07) is 1.20. The minimum atomic E-state index is -0.529. The third-order valence-corrected chi connectivity index (χ3v) is 3.64. The molecule has 5 nitrogen and oxygen atoms in total. The Morgan fingerprint density at radius 1 is 1.31 bits per heavy atom. The topological polar surface area (TPSA) is 68.9 Å². The predicted octanol–water partition coefficient (Wildman–Crippen LogP) is 1.93. The van der Waals surface area contributed by atoms with Crippen molar-refractivity contribution in [3.8, 4) is 0 Å². The Morgan fingerprint density at radius 3 is 2.69 bits per heavy atom. The van der Waals surface area contributed by atoms with Gasteiger partial charge >= 0.3 is 0 Å². The molecule has 2 atom stereocenters. The van der Waals surface area contributed by atoms with Crippen molar-refractivity contribution in [3.63, 3.8) is 0 Å². The van der Waals surface area contributed by atoms with Gasteiger partial charge in [0.2, 0.25) is 6.04 Å². The van der Waals surface area contributed by atoms with Crippen LogP contribution in [0.25, 0.3) is 0 Å². The van der Waals surface area contributed by atoms with Gasteiger partial charge < -0.3 is 0 Å². The highest BCUT2D eigenvalue weighted by Gasteiger charge is 2.33. The van der Waals surface area contributed by atoms with Crippen LogP contribution in [0.4, 0.5) is 0 Å². The van der Waals surface area contributed by atoms with Gasteiger partial charge in [-0.05, 0) is 12.5 Å². The Balaban J connectivity index is 2.08. The summed E-state index contributed by atoms with van der Waals surface area (Å²) in [6.07, 6.45) is 8.35. The number of hydrogen-bond acceptors (Lipinski definition) is 5. The molecule has 0 spiro atoms. The summed E-state index contributed by atoms with van der Waals surface area (Å²) in [4.78, 5) is 18.8. The second-order valence-electron chi connectivity index (χ2n) is 3.48. The molecule has 16 heavy (non-hydrogen) atoms. The van der Waals surface area contributed by atoms with E-state index in [1.807, 2.05) is 12.2 Å². The lowest BCUT2D eigenvalue weighted by Crippen LogP contribution is -2.32. The van der Waals surface area contributed by atoms with Gasteiger partial charge in [-0.2, -0.15) is 0 Å². The lowest BCUT2D eigenvalue weighted by atomic mass is 10.0. The minimum Gasteiger partial charge on any atom is -0.264 e. The maximum Gasteiger partial charge on any atom is 0.228 e. The van der Waals surface area contributed by atoms with Crippen LogP contribution in [0.15, 0.2) is 35.8 Å². The second kappa shape index (κ2) is 5.07. The zero-order valence-corrected chi connectivity index (χ0v) is 9.34. The number of allylic oxidation sites excluding steroid dienone is 1. The van der Waals surface area contributed by atoms with E-state index in [9.17, 15) is 10.1 Å². The molecule has 2 rings (SSSR count). The molecule has 1 aliphatic carbocycles. The van der Waals surface area contributed by atoms with Crippen LogP contribution in [0.1, 0.15) is 12.8 Å². The van der Waals surface area contributed by atoms with Crippen molar-refractivity contribution in [2.45, 2.75) is 29.3 Å². The molecule has 1 aromatic rings. The maximum atomic E-state index is 10.9. The van der Waals surface area contributed by atoms with Crippen molar-refractivity contribution >= 4 is 11.8 Å². The van der Waals surface area contributed by atoms with Crippen molar-refractivity contribution in [3.05, 3.63) is 40.7 Å². The fourth-order valence-corrected chi connectivity index (χ4v) is 2.69. The number of thioether (sulfide) groups is 1. The molecule has 0 amide bonds. The highest BCUT2D eigenvalue weighted by molar-refractivity contribution is 7.99. The van der Waals surface area contributed by atoms with Crippen LogP contribution < -0.4 is 0 Å². The number of nitrogens with zero attached hydrogens (tertiary/aromatic N) is 3. The zero-order chi connectivity index (χ0) is 11.4. The van der Waals surface area contributed by atoms with Crippen molar-refractivity contribution in [2.75, 3.05) is 0 Å². The van der Waals surface area contributed by atoms with Gasteiger partial charge in [0.05, 0.1) is 5.25 Å². The molecule has 1 aliphatic rings. The lowest BCUT2D eigenvalue weighted by molar-refractivity contribution is -0.521. The monoisotopic (exact) mass is 237 g/mol. The summed E-state index contributed by atoms with van der Waals surface area (Å²) in [5.74, 6) is 0. The van der Waals surface area contributed by atoms with E-state index in [2.05, 4.69) is 9.97 Å². The third-order valence-electron chi connectivity index (χ3n) is 2.41. The molecular weight excluding hydrogens is 226 g/mol. The summed E-state index contributed by atoms with van der Waals surface area (Å²) >= 11 is 1.39. The van der Waals surface area contributed by atoms with E-state index in [0.717, 1.165) is 0 Å². The van der Waals surface area contributed by atoms with E-state index >= 15 is 0 Å². The predicted molar refractivity (Wildman–Crippen MR) is 60.8 cm³/mol. The Kier molecular flexibility index (Phi) is 3.51. The van der Waals surface area contributed by atoms with Crippen LogP contribution in [0.3, 0.4) is 0 Å². The van der Waals surface area contributed by atoms with Crippen LogP contribution in [-0.2, 0) is 0 Å². The number of rotatable bonds is 3. The van der Waals surface area contributed by atoms with Gasteiger partial charge in [0.15, 0.2) is 5.16 Å². The molecule has 0 aliphatic heterocycles. The van der Waals surface area contributed by atoms with Crippen LogP contribution in [0, 0.1) is 10.1 Å². The molecule has 84 valence electrons. The smallest absolute Gasteiger partial charge is 0.228 e. The van der Waals surface area contributed by atoms with Gasteiger partial charge in [-0.3, -0.25) is 10.1 Å². The van der Waals surface area contributed by atoms with Crippen molar-refractivity contribution in [1.82, 2.24) is 9.97 Å². The maximum absolute atomic E-state index is 10.9. The zero-order valence-electron chi connectivity index (χ0n) is 8.52. The van der Waals surface area contributed by atoms with Gasteiger partial charge in [-0.1, -0.05) is 23.9 Å². The van der Waals surface area contributed by atoms with E-state index in [4.69, 9.17) is 0 Å². The van der Waals surface area contributed by atoms with Gasteiger partial charge in [0.25, 0.3) is 0 Å². The molecule has 0 fully saturated rings. The SMILES string of the molecule is O=[N+]([O-])C1CC=CCC1Sc1ncccn1. The molecule has 0 saturated carbocycles. The van der Waals surface area contributed by atoms with E-state index in [-0.39, 0.29) is 10.2 Å². The van der Waals surface area contributed by atoms with Crippen LogP contribution in [-0.4, -0.2) is 26.2 Å². The first-order valence-electron chi connectivity index (χ1n) is 4.99. The average molecular weight is 237 g/mol. The van der Waals surface area contributed by atoms with Gasteiger partial charge in [0.1, 0.15) is 0 Å². The summed E-state index contributed by atoms with van der Waals surface area (Å²) < 4.78 is 0. The van der Waals surface area contributed by atoms with Crippen molar-refractivity contribution < 1.29 is 4.92 Å². The van der Waals surface area contributed by atoms with Gasteiger partial charge in [-0.25, -0.2) is 9.97 Å². The molecule has 0 bridgehead atoms. The van der Waals surface area contributed by atoms with Crippen LogP contribution in [0.2, 0.25) is 0 Å². The Labute approximate surface area is 97.1 Å². The number of nitro groups is 1. The molecule has 0 aromatic carbocycles. The van der Waals surface area contributed by atoms with Gasteiger partial charge in [-0.15, -0.1) is 0 Å². The summed E-state index contributed by atoms with van der Waals surface area (Å²) in [7, 11) is 0.